The summed E-state index contributed by atoms with van der Waals surface area (Å²) in [7, 11) is 1.71. The first-order valence-electron chi connectivity index (χ1n) is 6.72. The molecule has 1 saturated carbocycles. The SMILES string of the molecule is COC1CCC(Nc2cc(Cl)cc(Br)c2OC(F)F)CC1. The normalized spacial score (nSPS) is 22.4. The first-order valence-corrected chi connectivity index (χ1v) is 7.90. The van der Waals surface area contributed by atoms with Gasteiger partial charge in [-0.2, -0.15) is 8.78 Å². The van der Waals surface area contributed by atoms with Crippen molar-refractivity contribution in [2.24, 2.45) is 0 Å². The van der Waals surface area contributed by atoms with Gasteiger partial charge >= 0.3 is 6.61 Å². The molecule has 7 heteroatoms. The van der Waals surface area contributed by atoms with Crippen LogP contribution in [0.5, 0.6) is 5.75 Å². The number of anilines is 1. The Bertz CT molecular complexity index is 482. The molecule has 0 unspecified atom stereocenters. The second kappa shape index (κ2) is 7.61. The highest BCUT2D eigenvalue weighted by Gasteiger charge is 2.23. The molecule has 2 rings (SSSR count). The van der Waals surface area contributed by atoms with Crippen LogP contribution >= 0.6 is 27.5 Å². The summed E-state index contributed by atoms with van der Waals surface area (Å²) in [5, 5.41) is 3.71. The number of hydrogen-bond donors (Lipinski definition) is 1. The third-order valence-electron chi connectivity index (χ3n) is 3.58. The van der Waals surface area contributed by atoms with Crippen molar-refractivity contribution in [3.05, 3.63) is 21.6 Å². The molecule has 0 spiro atoms. The number of halogens is 4. The van der Waals surface area contributed by atoms with Gasteiger partial charge in [0.15, 0.2) is 5.75 Å². The van der Waals surface area contributed by atoms with Crippen molar-refractivity contribution in [1.29, 1.82) is 0 Å². The van der Waals surface area contributed by atoms with Crippen LogP contribution in [0, 0.1) is 0 Å². The first kappa shape index (κ1) is 16.8. The van der Waals surface area contributed by atoms with Crippen molar-refractivity contribution >= 4 is 33.2 Å². The minimum Gasteiger partial charge on any atom is -0.431 e. The first-order chi connectivity index (χ1) is 9.99. The number of nitrogens with one attached hydrogen (secondary N) is 1. The molecular weight excluding hydrogens is 368 g/mol. The molecule has 1 N–H and O–H groups in total. The van der Waals surface area contributed by atoms with Crippen molar-refractivity contribution in [3.8, 4) is 5.75 Å². The van der Waals surface area contributed by atoms with Crippen LogP contribution in [-0.2, 0) is 4.74 Å². The predicted molar refractivity (Wildman–Crippen MR) is 82.5 cm³/mol. The van der Waals surface area contributed by atoms with Crippen LogP contribution in [-0.4, -0.2) is 25.9 Å². The van der Waals surface area contributed by atoms with Gasteiger partial charge in [-0.1, -0.05) is 11.6 Å². The van der Waals surface area contributed by atoms with Crippen LogP contribution in [0.4, 0.5) is 14.5 Å². The van der Waals surface area contributed by atoms with E-state index < -0.39 is 6.61 Å². The number of rotatable bonds is 5. The van der Waals surface area contributed by atoms with Gasteiger partial charge in [0.2, 0.25) is 0 Å². The van der Waals surface area contributed by atoms with Crippen LogP contribution in [0.1, 0.15) is 25.7 Å². The van der Waals surface area contributed by atoms with E-state index in [0.29, 0.717) is 15.2 Å². The molecule has 0 aromatic heterocycles. The van der Waals surface area contributed by atoms with E-state index in [4.69, 9.17) is 16.3 Å². The zero-order valence-electron chi connectivity index (χ0n) is 11.5. The monoisotopic (exact) mass is 383 g/mol. The Kier molecular flexibility index (Phi) is 6.08. The fraction of sp³-hybridized carbons (Fsp3) is 0.571. The van der Waals surface area contributed by atoms with E-state index in [1.165, 1.54) is 6.07 Å². The van der Waals surface area contributed by atoms with Gasteiger partial charge in [0.05, 0.1) is 16.3 Å². The maximum Gasteiger partial charge on any atom is 0.387 e. The number of benzene rings is 1. The molecule has 1 aromatic carbocycles. The molecule has 3 nitrogen and oxygen atoms in total. The third-order valence-corrected chi connectivity index (χ3v) is 4.39. The second-order valence-corrected chi connectivity index (χ2v) is 6.29. The Hall–Kier alpha value is -0.590. The summed E-state index contributed by atoms with van der Waals surface area (Å²) in [6.07, 6.45) is 4.00. The molecule has 0 radical (unpaired) electrons. The molecule has 1 aromatic rings. The van der Waals surface area contributed by atoms with Crippen LogP contribution in [0.25, 0.3) is 0 Å². The Balaban J connectivity index is 2.11. The Labute approximate surface area is 136 Å². The highest BCUT2D eigenvalue weighted by molar-refractivity contribution is 9.10. The number of methoxy groups -OCH3 is 1. The van der Waals surface area contributed by atoms with Crippen molar-refractivity contribution < 1.29 is 18.3 Å². The Morgan fingerprint density at radius 1 is 1.29 bits per heavy atom. The zero-order valence-corrected chi connectivity index (χ0v) is 13.9. The Morgan fingerprint density at radius 3 is 2.52 bits per heavy atom. The van der Waals surface area contributed by atoms with Gasteiger partial charge in [0, 0.05) is 18.2 Å². The lowest BCUT2D eigenvalue weighted by Crippen LogP contribution is -2.29. The lowest BCUT2D eigenvalue weighted by molar-refractivity contribution is -0.0499. The molecule has 21 heavy (non-hydrogen) atoms. The summed E-state index contributed by atoms with van der Waals surface area (Å²) < 4.78 is 35.4. The van der Waals surface area contributed by atoms with Crippen LogP contribution in [0.15, 0.2) is 16.6 Å². The Morgan fingerprint density at radius 2 is 1.95 bits per heavy atom. The quantitative estimate of drug-likeness (QED) is 0.768. The molecule has 1 aliphatic rings. The average molecular weight is 385 g/mol. The summed E-state index contributed by atoms with van der Waals surface area (Å²) in [5.41, 5.74) is 0.482. The van der Waals surface area contributed by atoms with Crippen molar-refractivity contribution in [2.45, 2.75) is 44.4 Å². The molecule has 0 bridgehead atoms. The van der Waals surface area contributed by atoms with Gasteiger partial charge in [-0.05, 0) is 53.7 Å². The van der Waals surface area contributed by atoms with Gasteiger partial charge in [-0.3, -0.25) is 0 Å². The van der Waals surface area contributed by atoms with Crippen molar-refractivity contribution in [1.82, 2.24) is 0 Å². The lowest BCUT2D eigenvalue weighted by atomic mass is 9.93. The third kappa shape index (κ3) is 4.69. The van der Waals surface area contributed by atoms with Crippen LogP contribution < -0.4 is 10.1 Å². The summed E-state index contributed by atoms with van der Waals surface area (Å²) in [5.74, 6) is 0.0864. The smallest absolute Gasteiger partial charge is 0.387 e. The molecule has 1 fully saturated rings. The average Bonchev–Trinajstić information content (AvgIpc) is 2.43. The van der Waals surface area contributed by atoms with Crippen molar-refractivity contribution in [3.63, 3.8) is 0 Å². The molecule has 0 aliphatic heterocycles. The van der Waals surface area contributed by atoms with E-state index in [9.17, 15) is 8.78 Å². The van der Waals surface area contributed by atoms with Crippen molar-refractivity contribution in [2.75, 3.05) is 12.4 Å². The highest BCUT2D eigenvalue weighted by Crippen LogP contribution is 2.39. The van der Waals surface area contributed by atoms with E-state index in [2.05, 4.69) is 26.0 Å². The summed E-state index contributed by atoms with van der Waals surface area (Å²) in [6.45, 7) is -2.88. The largest absolute Gasteiger partial charge is 0.431 e. The molecular formula is C14H17BrClF2NO2. The predicted octanol–water partition coefficient (Wildman–Crippen LogP) is 5.07. The van der Waals surface area contributed by atoms with E-state index >= 15 is 0 Å². The molecule has 118 valence electrons. The maximum absolute atomic E-state index is 12.5. The molecule has 1 aliphatic carbocycles. The van der Waals surface area contributed by atoms with E-state index in [-0.39, 0.29) is 17.9 Å². The summed E-state index contributed by atoms with van der Waals surface area (Å²) >= 11 is 9.20. The van der Waals surface area contributed by atoms with Gasteiger partial charge < -0.3 is 14.8 Å². The molecule has 0 atom stereocenters. The minimum absolute atomic E-state index is 0.0864. The van der Waals surface area contributed by atoms with Gasteiger partial charge in [-0.15, -0.1) is 0 Å². The molecule has 0 amide bonds. The van der Waals surface area contributed by atoms with E-state index in [1.807, 2.05) is 0 Å². The summed E-state index contributed by atoms with van der Waals surface area (Å²) in [6, 6.07) is 3.33. The van der Waals surface area contributed by atoms with Crippen LogP contribution in [0.3, 0.4) is 0 Å². The fourth-order valence-electron chi connectivity index (χ4n) is 2.54. The second-order valence-electron chi connectivity index (χ2n) is 5.00. The molecule has 0 saturated heterocycles. The van der Waals surface area contributed by atoms with Crippen LogP contribution in [0.2, 0.25) is 5.02 Å². The van der Waals surface area contributed by atoms with E-state index in [0.717, 1.165) is 25.7 Å². The van der Waals surface area contributed by atoms with E-state index in [1.54, 1.807) is 13.2 Å². The number of hydrogen-bond acceptors (Lipinski definition) is 3. The van der Waals surface area contributed by atoms with Gasteiger partial charge in [0.25, 0.3) is 0 Å². The topological polar surface area (TPSA) is 30.5 Å². The van der Waals surface area contributed by atoms with Gasteiger partial charge in [0.1, 0.15) is 0 Å². The fourth-order valence-corrected chi connectivity index (χ4v) is 3.44. The zero-order chi connectivity index (χ0) is 15.4. The number of alkyl halides is 2. The number of ether oxygens (including phenoxy) is 2. The lowest BCUT2D eigenvalue weighted by Gasteiger charge is -2.29. The maximum atomic E-state index is 12.5. The van der Waals surface area contributed by atoms with Gasteiger partial charge in [-0.25, -0.2) is 0 Å². The highest BCUT2D eigenvalue weighted by atomic mass is 79.9. The molecule has 0 heterocycles. The minimum atomic E-state index is -2.88. The standard InChI is InChI=1S/C14H17BrClF2NO2/c1-20-10-4-2-9(3-5-10)19-12-7-8(16)6-11(15)13(12)21-14(17)18/h6-7,9-10,14,19H,2-5H2,1H3. The summed E-state index contributed by atoms with van der Waals surface area (Å²) in [4.78, 5) is 0.